The lowest BCUT2D eigenvalue weighted by Crippen LogP contribution is -2.14. The van der Waals surface area contributed by atoms with Crippen molar-refractivity contribution in [3.05, 3.63) is 34.3 Å². The summed E-state index contributed by atoms with van der Waals surface area (Å²) < 4.78 is 9.22. The van der Waals surface area contributed by atoms with E-state index in [-0.39, 0.29) is 10.6 Å². The van der Waals surface area contributed by atoms with E-state index in [1.54, 1.807) is 18.2 Å². The molecule has 0 radical (unpaired) electrons. The Balaban J connectivity index is 3.28. The van der Waals surface area contributed by atoms with Gasteiger partial charge in [0.25, 0.3) is 0 Å². The Labute approximate surface area is 112 Å². The number of carbonyl (C=O) groups is 2. The Bertz CT molecular complexity index is 447. The minimum absolute atomic E-state index is 0.156. The van der Waals surface area contributed by atoms with Crippen molar-refractivity contribution in [3.63, 3.8) is 0 Å². The third kappa shape index (κ3) is 2.98. The zero-order valence-electron chi connectivity index (χ0n) is 9.20. The number of benzene rings is 1. The molecule has 0 heterocycles. The van der Waals surface area contributed by atoms with Crippen LogP contribution in [0.2, 0.25) is 5.02 Å². The molecule has 1 rings (SSSR count). The highest BCUT2D eigenvalue weighted by Crippen LogP contribution is 2.31. The summed E-state index contributed by atoms with van der Waals surface area (Å²) in [5.41, 5.74) is 0.570. The molecule has 4 nitrogen and oxygen atoms in total. The molecule has 1 aromatic rings. The van der Waals surface area contributed by atoms with Crippen LogP contribution in [0.5, 0.6) is 0 Å². The van der Waals surface area contributed by atoms with Gasteiger partial charge in [0.05, 0.1) is 24.8 Å². The second-order valence-corrected chi connectivity index (χ2v) is 4.40. The van der Waals surface area contributed by atoms with E-state index in [1.807, 2.05) is 0 Å². The molecule has 0 fully saturated rings. The van der Waals surface area contributed by atoms with Crippen molar-refractivity contribution >= 4 is 39.5 Å². The van der Waals surface area contributed by atoms with E-state index in [9.17, 15) is 9.59 Å². The van der Waals surface area contributed by atoms with E-state index in [2.05, 4.69) is 25.4 Å². The zero-order valence-corrected chi connectivity index (χ0v) is 11.5. The van der Waals surface area contributed by atoms with Gasteiger partial charge in [-0.25, -0.2) is 4.79 Å². The summed E-state index contributed by atoms with van der Waals surface area (Å²) in [4.78, 5) is 22.2. The second kappa shape index (κ2) is 6.02. The molecule has 0 amide bonds. The summed E-state index contributed by atoms with van der Waals surface area (Å²) in [6.07, 6.45) is 0. The van der Waals surface area contributed by atoms with Crippen molar-refractivity contribution in [1.82, 2.24) is 0 Å². The second-order valence-electron chi connectivity index (χ2n) is 3.08. The molecule has 0 aliphatic carbocycles. The smallest absolute Gasteiger partial charge is 0.339 e. The van der Waals surface area contributed by atoms with E-state index in [4.69, 9.17) is 11.6 Å². The van der Waals surface area contributed by atoms with Crippen LogP contribution in [0.1, 0.15) is 20.7 Å². The number of hydrogen-bond donors (Lipinski definition) is 0. The van der Waals surface area contributed by atoms with E-state index in [1.165, 1.54) is 14.2 Å². The predicted octanol–water partition coefficient (Wildman–Crippen LogP) is 2.74. The number of carbonyl (C=O) groups excluding carboxylic acids is 2. The van der Waals surface area contributed by atoms with Crippen LogP contribution in [0.25, 0.3) is 0 Å². The van der Waals surface area contributed by atoms with Crippen LogP contribution in [0.4, 0.5) is 0 Å². The van der Waals surface area contributed by atoms with Gasteiger partial charge in [-0.1, -0.05) is 39.7 Å². The summed E-state index contributed by atoms with van der Waals surface area (Å²) in [5, 5.41) is 0.225. The minimum atomic E-state index is -0.764. The number of methoxy groups -OCH3 is 2. The van der Waals surface area contributed by atoms with Gasteiger partial charge in [-0.05, 0) is 11.6 Å². The van der Waals surface area contributed by atoms with Crippen LogP contribution in [0.3, 0.4) is 0 Å². The molecule has 1 atom stereocenters. The highest BCUT2D eigenvalue weighted by molar-refractivity contribution is 9.09. The van der Waals surface area contributed by atoms with Gasteiger partial charge in [0.15, 0.2) is 0 Å². The number of ether oxygens (including phenoxy) is 2. The lowest BCUT2D eigenvalue weighted by molar-refractivity contribution is -0.139. The van der Waals surface area contributed by atoms with Crippen LogP contribution in [-0.4, -0.2) is 26.2 Å². The van der Waals surface area contributed by atoms with Gasteiger partial charge in [0.1, 0.15) is 4.83 Å². The van der Waals surface area contributed by atoms with Crippen LogP contribution in [-0.2, 0) is 14.3 Å². The molecule has 1 aromatic carbocycles. The Morgan fingerprint density at radius 1 is 1.29 bits per heavy atom. The van der Waals surface area contributed by atoms with E-state index < -0.39 is 16.8 Å². The van der Waals surface area contributed by atoms with Gasteiger partial charge < -0.3 is 9.47 Å². The maximum Gasteiger partial charge on any atom is 0.339 e. The molecule has 0 aliphatic heterocycles. The topological polar surface area (TPSA) is 52.6 Å². The first kappa shape index (κ1) is 14.0. The molecule has 0 saturated heterocycles. The first-order chi connectivity index (χ1) is 8.02. The lowest BCUT2D eigenvalue weighted by Gasteiger charge is -2.13. The van der Waals surface area contributed by atoms with E-state index in [0.29, 0.717) is 5.56 Å². The fraction of sp³-hybridized carbons (Fsp3) is 0.273. The molecular weight excluding hydrogens is 311 g/mol. The molecule has 6 heteroatoms. The molecule has 0 spiro atoms. The van der Waals surface area contributed by atoms with Gasteiger partial charge >= 0.3 is 11.9 Å². The normalized spacial score (nSPS) is 11.8. The molecular formula is C11H10BrClO4. The van der Waals surface area contributed by atoms with Crippen molar-refractivity contribution in [2.45, 2.75) is 4.83 Å². The molecule has 0 N–H and O–H groups in total. The standard InChI is InChI=1S/C11H10BrClO4/c1-16-10(14)8-6(4-3-5-7(8)13)9(12)11(15)17-2/h3-5,9H,1-2H3/t9-/m1/s1. The fourth-order valence-electron chi connectivity index (χ4n) is 1.30. The van der Waals surface area contributed by atoms with Crippen LogP contribution >= 0.6 is 27.5 Å². The van der Waals surface area contributed by atoms with E-state index in [0.717, 1.165) is 0 Å². The van der Waals surface area contributed by atoms with E-state index >= 15 is 0 Å². The lowest BCUT2D eigenvalue weighted by atomic mass is 10.0. The van der Waals surface area contributed by atoms with Crippen LogP contribution < -0.4 is 0 Å². The number of esters is 2. The van der Waals surface area contributed by atoms with Gasteiger partial charge in [-0.3, -0.25) is 4.79 Å². The third-order valence-electron chi connectivity index (χ3n) is 2.12. The van der Waals surface area contributed by atoms with Crippen molar-refractivity contribution in [2.75, 3.05) is 14.2 Å². The minimum Gasteiger partial charge on any atom is -0.468 e. The summed E-state index contributed by atoms with van der Waals surface area (Å²) in [6, 6.07) is 4.80. The third-order valence-corrected chi connectivity index (χ3v) is 3.30. The largest absolute Gasteiger partial charge is 0.468 e. The monoisotopic (exact) mass is 320 g/mol. The van der Waals surface area contributed by atoms with Gasteiger partial charge in [-0.2, -0.15) is 0 Å². The Kier molecular flexibility index (Phi) is 4.96. The number of alkyl halides is 1. The Hall–Kier alpha value is -1.07. The first-order valence-electron chi connectivity index (χ1n) is 4.61. The van der Waals surface area contributed by atoms with Gasteiger partial charge in [0.2, 0.25) is 0 Å². The molecule has 0 saturated carbocycles. The maximum atomic E-state index is 11.6. The van der Waals surface area contributed by atoms with Crippen LogP contribution in [0, 0.1) is 0 Å². The summed E-state index contributed by atoms with van der Waals surface area (Å²) >= 11 is 9.07. The number of hydrogen-bond acceptors (Lipinski definition) is 4. The van der Waals surface area contributed by atoms with Crippen molar-refractivity contribution < 1.29 is 19.1 Å². The fourth-order valence-corrected chi connectivity index (χ4v) is 2.13. The van der Waals surface area contributed by atoms with Crippen LogP contribution in [0.15, 0.2) is 18.2 Å². The number of rotatable bonds is 3. The first-order valence-corrected chi connectivity index (χ1v) is 5.91. The quantitative estimate of drug-likeness (QED) is 0.634. The summed E-state index contributed by atoms with van der Waals surface area (Å²) in [5.74, 6) is -1.11. The predicted molar refractivity (Wildman–Crippen MR) is 66.5 cm³/mol. The molecule has 0 aliphatic rings. The Morgan fingerprint density at radius 2 is 1.94 bits per heavy atom. The highest BCUT2D eigenvalue weighted by atomic mass is 79.9. The number of halogens is 2. The average molecular weight is 322 g/mol. The SMILES string of the molecule is COC(=O)c1c(Cl)cccc1[C@@H](Br)C(=O)OC. The summed E-state index contributed by atoms with van der Waals surface area (Å²) in [7, 11) is 2.51. The molecule has 0 bridgehead atoms. The average Bonchev–Trinajstić information content (AvgIpc) is 2.35. The maximum absolute atomic E-state index is 11.6. The Morgan fingerprint density at radius 3 is 2.47 bits per heavy atom. The van der Waals surface area contributed by atoms with Crippen molar-refractivity contribution in [2.24, 2.45) is 0 Å². The summed E-state index contributed by atoms with van der Waals surface area (Å²) in [6.45, 7) is 0. The van der Waals surface area contributed by atoms with Gasteiger partial charge in [-0.15, -0.1) is 0 Å². The molecule has 92 valence electrons. The van der Waals surface area contributed by atoms with Crippen molar-refractivity contribution in [3.8, 4) is 0 Å². The zero-order chi connectivity index (χ0) is 13.0. The van der Waals surface area contributed by atoms with Crippen molar-refractivity contribution in [1.29, 1.82) is 0 Å². The molecule has 0 unspecified atom stereocenters. The highest BCUT2D eigenvalue weighted by Gasteiger charge is 2.25. The molecule has 17 heavy (non-hydrogen) atoms. The van der Waals surface area contributed by atoms with Gasteiger partial charge in [0, 0.05) is 0 Å². The molecule has 0 aromatic heterocycles.